The van der Waals surface area contributed by atoms with E-state index in [9.17, 15) is 4.79 Å². The minimum absolute atomic E-state index is 0.253. The first-order valence-electron chi connectivity index (χ1n) is 9.92. The van der Waals surface area contributed by atoms with E-state index in [1.54, 1.807) is 13.0 Å². The lowest BCUT2D eigenvalue weighted by atomic mass is 10.2. The monoisotopic (exact) mass is 387 g/mol. The van der Waals surface area contributed by atoms with Gasteiger partial charge in [0.05, 0.1) is 0 Å². The zero-order valence-electron chi connectivity index (χ0n) is 16.8. The summed E-state index contributed by atoms with van der Waals surface area (Å²) in [7, 11) is 0. The molecule has 2 aromatic carbocycles. The van der Waals surface area contributed by atoms with Crippen molar-refractivity contribution in [1.29, 1.82) is 0 Å². The van der Waals surface area contributed by atoms with E-state index in [0.717, 1.165) is 24.5 Å². The number of nitrogens with zero attached hydrogens (tertiary/aromatic N) is 3. The summed E-state index contributed by atoms with van der Waals surface area (Å²) in [6.45, 7) is 6.02. The lowest BCUT2D eigenvalue weighted by Crippen LogP contribution is -2.18. The van der Waals surface area contributed by atoms with Crippen LogP contribution in [0.1, 0.15) is 34.7 Å². The van der Waals surface area contributed by atoms with E-state index in [2.05, 4.69) is 37.6 Å². The van der Waals surface area contributed by atoms with E-state index in [1.807, 2.05) is 43.3 Å². The van der Waals surface area contributed by atoms with Gasteiger partial charge < -0.3 is 15.5 Å². The molecule has 2 N–H and O–H groups in total. The molecule has 1 amide bonds. The average molecular weight is 387 g/mol. The van der Waals surface area contributed by atoms with Gasteiger partial charge in [-0.25, -0.2) is 9.97 Å². The number of anilines is 4. The average Bonchev–Trinajstić information content (AvgIpc) is 3.25. The molecule has 0 unspecified atom stereocenters. The predicted molar refractivity (Wildman–Crippen MR) is 117 cm³/mol. The molecule has 1 aliphatic heterocycles. The first kappa shape index (κ1) is 18.9. The summed E-state index contributed by atoms with van der Waals surface area (Å²) in [4.78, 5) is 23.8. The topological polar surface area (TPSA) is 70.2 Å². The second-order valence-electron chi connectivity index (χ2n) is 7.37. The number of carbonyl (C=O) groups excluding carboxylic acids is 1. The van der Waals surface area contributed by atoms with Crippen molar-refractivity contribution in [3.8, 4) is 0 Å². The predicted octanol–water partition coefficient (Wildman–Crippen LogP) is 4.69. The van der Waals surface area contributed by atoms with Crippen LogP contribution in [0.25, 0.3) is 0 Å². The van der Waals surface area contributed by atoms with Gasteiger partial charge in [-0.15, -0.1) is 0 Å². The maximum Gasteiger partial charge on any atom is 0.274 e. The Morgan fingerprint density at radius 3 is 2.24 bits per heavy atom. The summed E-state index contributed by atoms with van der Waals surface area (Å²) in [5.74, 6) is 0.879. The fourth-order valence-electron chi connectivity index (χ4n) is 3.46. The SMILES string of the molecule is Cc1ccc(Nc2cc(C(=O)Nc3ccc(N4CCCC4)cc3)nc(C)n2)cc1. The molecule has 0 bridgehead atoms. The summed E-state index contributed by atoms with van der Waals surface area (Å²) in [5, 5.41) is 6.16. The van der Waals surface area contributed by atoms with Crippen molar-refractivity contribution in [2.75, 3.05) is 28.6 Å². The molecule has 148 valence electrons. The van der Waals surface area contributed by atoms with Crippen molar-refractivity contribution in [2.24, 2.45) is 0 Å². The zero-order chi connectivity index (χ0) is 20.2. The van der Waals surface area contributed by atoms with Gasteiger partial charge in [-0.1, -0.05) is 17.7 Å². The summed E-state index contributed by atoms with van der Waals surface area (Å²) in [5.41, 5.74) is 4.38. The maximum atomic E-state index is 12.7. The Labute approximate surface area is 171 Å². The number of rotatable bonds is 5. The fourth-order valence-corrected chi connectivity index (χ4v) is 3.46. The first-order chi connectivity index (χ1) is 14.1. The molecular formula is C23H25N5O. The molecule has 0 atom stereocenters. The van der Waals surface area contributed by atoms with Gasteiger partial charge in [0.2, 0.25) is 0 Å². The second-order valence-corrected chi connectivity index (χ2v) is 7.37. The molecule has 6 nitrogen and oxygen atoms in total. The first-order valence-corrected chi connectivity index (χ1v) is 9.92. The Morgan fingerprint density at radius 2 is 1.55 bits per heavy atom. The Morgan fingerprint density at radius 1 is 0.897 bits per heavy atom. The van der Waals surface area contributed by atoms with Crippen molar-refractivity contribution in [1.82, 2.24) is 9.97 Å². The minimum Gasteiger partial charge on any atom is -0.372 e. The molecular weight excluding hydrogens is 362 g/mol. The Kier molecular flexibility index (Phi) is 5.42. The number of amides is 1. The van der Waals surface area contributed by atoms with Gasteiger partial charge in [0.25, 0.3) is 5.91 Å². The van der Waals surface area contributed by atoms with E-state index in [1.165, 1.54) is 24.1 Å². The van der Waals surface area contributed by atoms with Gasteiger partial charge in [0, 0.05) is 36.2 Å². The molecule has 1 saturated heterocycles. The van der Waals surface area contributed by atoms with E-state index in [0.29, 0.717) is 17.3 Å². The van der Waals surface area contributed by atoms with Gasteiger partial charge in [-0.3, -0.25) is 4.79 Å². The molecule has 1 aliphatic rings. The summed E-state index contributed by atoms with van der Waals surface area (Å²) >= 11 is 0. The lowest BCUT2D eigenvalue weighted by molar-refractivity contribution is 0.102. The quantitative estimate of drug-likeness (QED) is 0.665. The van der Waals surface area contributed by atoms with E-state index in [-0.39, 0.29) is 5.91 Å². The van der Waals surface area contributed by atoms with E-state index in [4.69, 9.17) is 0 Å². The summed E-state index contributed by atoms with van der Waals surface area (Å²) in [6, 6.07) is 17.7. The van der Waals surface area contributed by atoms with Crippen LogP contribution < -0.4 is 15.5 Å². The standard InChI is InChI=1S/C23H25N5O/c1-16-5-7-18(8-6-16)26-22-15-21(24-17(2)25-22)23(29)27-19-9-11-20(12-10-19)28-13-3-4-14-28/h5-12,15H,3-4,13-14H2,1-2H3,(H,27,29)(H,24,25,26). The van der Waals surface area contributed by atoms with Crippen molar-refractivity contribution < 1.29 is 4.79 Å². The van der Waals surface area contributed by atoms with Crippen molar-refractivity contribution in [3.63, 3.8) is 0 Å². The Bertz CT molecular complexity index is 993. The van der Waals surface area contributed by atoms with Gasteiger partial charge in [-0.05, 0) is 63.1 Å². The van der Waals surface area contributed by atoms with Crippen LogP contribution in [0.5, 0.6) is 0 Å². The molecule has 0 spiro atoms. The summed E-state index contributed by atoms with van der Waals surface area (Å²) < 4.78 is 0. The van der Waals surface area contributed by atoms with Crippen LogP contribution in [0.15, 0.2) is 54.6 Å². The van der Waals surface area contributed by atoms with E-state index < -0.39 is 0 Å². The Balaban J connectivity index is 1.46. The van der Waals surface area contributed by atoms with Crippen LogP contribution in [0.2, 0.25) is 0 Å². The molecule has 1 aromatic heterocycles. The molecule has 0 saturated carbocycles. The maximum absolute atomic E-state index is 12.7. The third kappa shape index (κ3) is 4.71. The zero-order valence-corrected chi connectivity index (χ0v) is 16.8. The second kappa shape index (κ2) is 8.31. The number of hydrogen-bond acceptors (Lipinski definition) is 5. The van der Waals surface area contributed by atoms with Gasteiger partial charge in [-0.2, -0.15) is 0 Å². The molecule has 3 aromatic rings. The van der Waals surface area contributed by atoms with Crippen LogP contribution in [0.3, 0.4) is 0 Å². The van der Waals surface area contributed by atoms with Crippen LogP contribution in [-0.4, -0.2) is 29.0 Å². The molecule has 0 radical (unpaired) electrons. The number of aryl methyl sites for hydroxylation is 2. The third-order valence-electron chi connectivity index (χ3n) is 4.99. The van der Waals surface area contributed by atoms with Crippen molar-refractivity contribution >= 4 is 28.8 Å². The van der Waals surface area contributed by atoms with Crippen LogP contribution in [0, 0.1) is 13.8 Å². The highest BCUT2D eigenvalue weighted by Crippen LogP contribution is 2.22. The van der Waals surface area contributed by atoms with Crippen molar-refractivity contribution in [2.45, 2.75) is 26.7 Å². The van der Waals surface area contributed by atoms with Gasteiger partial charge in [0.15, 0.2) is 0 Å². The van der Waals surface area contributed by atoms with E-state index >= 15 is 0 Å². The van der Waals surface area contributed by atoms with Gasteiger partial charge >= 0.3 is 0 Å². The van der Waals surface area contributed by atoms with Crippen LogP contribution >= 0.6 is 0 Å². The molecule has 1 fully saturated rings. The largest absolute Gasteiger partial charge is 0.372 e. The van der Waals surface area contributed by atoms with Crippen LogP contribution in [0.4, 0.5) is 22.9 Å². The smallest absolute Gasteiger partial charge is 0.274 e. The minimum atomic E-state index is -0.253. The third-order valence-corrected chi connectivity index (χ3v) is 4.99. The van der Waals surface area contributed by atoms with Gasteiger partial charge in [0.1, 0.15) is 17.3 Å². The summed E-state index contributed by atoms with van der Waals surface area (Å²) in [6.07, 6.45) is 2.48. The lowest BCUT2D eigenvalue weighted by Gasteiger charge is -2.17. The van der Waals surface area contributed by atoms with Crippen LogP contribution in [-0.2, 0) is 0 Å². The number of benzene rings is 2. The normalized spacial score (nSPS) is 13.4. The highest BCUT2D eigenvalue weighted by Gasteiger charge is 2.14. The number of hydrogen-bond donors (Lipinski definition) is 2. The number of nitrogens with one attached hydrogen (secondary N) is 2. The highest BCUT2D eigenvalue weighted by molar-refractivity contribution is 6.03. The number of carbonyl (C=O) groups is 1. The highest BCUT2D eigenvalue weighted by atomic mass is 16.1. The molecule has 6 heteroatoms. The van der Waals surface area contributed by atoms with Crippen molar-refractivity contribution in [3.05, 3.63) is 71.7 Å². The molecule has 4 rings (SSSR count). The fraction of sp³-hybridized carbons (Fsp3) is 0.261. The molecule has 0 aliphatic carbocycles. The molecule has 29 heavy (non-hydrogen) atoms. The Hall–Kier alpha value is -3.41. The molecule has 2 heterocycles. The number of aromatic nitrogens is 2.